The second kappa shape index (κ2) is 8.99. The summed E-state index contributed by atoms with van der Waals surface area (Å²) in [5, 5.41) is 9.37. The maximum Gasteiger partial charge on any atom is 0.161 e. The summed E-state index contributed by atoms with van der Waals surface area (Å²) >= 11 is 0. The molecule has 6 nitrogen and oxygen atoms in total. The molecular weight excluding hydrogens is 453 g/mol. The third kappa shape index (κ3) is 3.99. The average Bonchev–Trinajstić information content (AvgIpc) is 3.63. The van der Waals surface area contributed by atoms with Crippen LogP contribution in [-0.2, 0) is 6.54 Å². The van der Waals surface area contributed by atoms with Crippen LogP contribution in [0, 0.1) is 11.7 Å². The van der Waals surface area contributed by atoms with Gasteiger partial charge in [0.05, 0.1) is 18.0 Å². The summed E-state index contributed by atoms with van der Waals surface area (Å²) in [6.07, 6.45) is 7.12. The standard InChI is InChI=1S/C29H30FN5O/c1-20(19-36)32(2)15-21-9-11-33(16-21)26-7-8-27-24(13-26)18-34-17-23(22-3-5-25(30)6-4-22)14-28(34)29-31-10-12-35(27)29/h3-8,10,12-14,17,21,36H,1,9,11,15-16,18-19H2,2H3/t21-/m1/s1. The number of aliphatic hydroxyl groups excluding tert-OH is 1. The van der Waals surface area contributed by atoms with E-state index in [0.29, 0.717) is 5.92 Å². The van der Waals surface area contributed by atoms with E-state index >= 15 is 0 Å². The molecule has 184 valence electrons. The highest BCUT2D eigenvalue weighted by Crippen LogP contribution is 2.36. The highest BCUT2D eigenvalue weighted by Gasteiger charge is 2.26. The zero-order valence-corrected chi connectivity index (χ0v) is 20.4. The fourth-order valence-electron chi connectivity index (χ4n) is 5.48. The van der Waals surface area contributed by atoms with Crippen molar-refractivity contribution in [2.24, 2.45) is 5.92 Å². The first kappa shape index (κ1) is 22.6. The predicted molar refractivity (Wildman–Crippen MR) is 141 cm³/mol. The third-order valence-electron chi connectivity index (χ3n) is 7.51. The quantitative estimate of drug-likeness (QED) is 0.378. The van der Waals surface area contributed by atoms with Crippen molar-refractivity contribution in [3.63, 3.8) is 0 Å². The maximum atomic E-state index is 13.5. The molecular formula is C29H30FN5O. The van der Waals surface area contributed by atoms with Crippen LogP contribution in [0.4, 0.5) is 10.1 Å². The van der Waals surface area contributed by atoms with Crippen molar-refractivity contribution in [2.45, 2.75) is 13.0 Å². The lowest BCUT2D eigenvalue weighted by atomic mass is 10.1. The molecule has 1 atom stereocenters. The number of hydrogen-bond acceptors (Lipinski definition) is 4. The van der Waals surface area contributed by atoms with Gasteiger partial charge in [0.15, 0.2) is 5.82 Å². The zero-order chi connectivity index (χ0) is 24.8. The largest absolute Gasteiger partial charge is 0.390 e. The summed E-state index contributed by atoms with van der Waals surface area (Å²) < 4.78 is 17.9. The van der Waals surface area contributed by atoms with Crippen LogP contribution in [0.3, 0.4) is 0 Å². The Morgan fingerprint density at radius 3 is 2.81 bits per heavy atom. The van der Waals surface area contributed by atoms with Gasteiger partial charge in [0, 0.05) is 68.8 Å². The summed E-state index contributed by atoms with van der Waals surface area (Å²) in [5.41, 5.74) is 7.46. The Balaban J connectivity index is 1.30. The lowest BCUT2D eigenvalue weighted by molar-refractivity contribution is 0.259. The van der Waals surface area contributed by atoms with E-state index in [9.17, 15) is 9.50 Å². The van der Waals surface area contributed by atoms with Gasteiger partial charge in [-0.25, -0.2) is 9.37 Å². The smallest absolute Gasteiger partial charge is 0.161 e. The first-order chi connectivity index (χ1) is 17.5. The highest BCUT2D eigenvalue weighted by atomic mass is 19.1. The van der Waals surface area contributed by atoms with Crippen LogP contribution >= 0.6 is 0 Å². The molecule has 1 fully saturated rings. The summed E-state index contributed by atoms with van der Waals surface area (Å²) in [4.78, 5) is 9.21. The Labute approximate surface area is 210 Å². The van der Waals surface area contributed by atoms with Crippen molar-refractivity contribution in [3.05, 3.63) is 90.8 Å². The number of rotatable bonds is 6. The van der Waals surface area contributed by atoms with E-state index in [-0.39, 0.29) is 12.4 Å². The van der Waals surface area contributed by atoms with Crippen LogP contribution in [-0.4, -0.2) is 57.4 Å². The van der Waals surface area contributed by atoms with Crippen LogP contribution in [0.1, 0.15) is 12.0 Å². The molecule has 2 aromatic carbocycles. The summed E-state index contributed by atoms with van der Waals surface area (Å²) in [6, 6.07) is 15.5. The van der Waals surface area contributed by atoms with Crippen molar-refractivity contribution < 1.29 is 9.50 Å². The topological polar surface area (TPSA) is 49.5 Å². The van der Waals surface area contributed by atoms with Gasteiger partial charge in [0.25, 0.3) is 0 Å². The van der Waals surface area contributed by atoms with Crippen LogP contribution < -0.4 is 4.90 Å². The molecule has 0 spiro atoms. The first-order valence-corrected chi connectivity index (χ1v) is 12.4. The number of likely N-dealkylation sites (N-methyl/N-ethyl adjacent to an activating group) is 1. The molecule has 0 radical (unpaired) electrons. The molecule has 2 aliphatic rings. The lowest BCUT2D eigenvalue weighted by Gasteiger charge is -2.25. The minimum absolute atomic E-state index is 0.00174. The molecule has 0 unspecified atom stereocenters. The van der Waals surface area contributed by atoms with Crippen molar-refractivity contribution in [1.82, 2.24) is 19.0 Å². The van der Waals surface area contributed by atoms with Crippen LogP contribution in [0.15, 0.2) is 79.4 Å². The van der Waals surface area contributed by atoms with Crippen molar-refractivity contribution in [1.29, 1.82) is 0 Å². The Kier molecular flexibility index (Phi) is 5.64. The molecule has 7 heteroatoms. The molecule has 36 heavy (non-hydrogen) atoms. The van der Waals surface area contributed by atoms with E-state index in [2.05, 4.69) is 61.0 Å². The molecule has 1 N–H and O–H groups in total. The van der Waals surface area contributed by atoms with Gasteiger partial charge in [-0.1, -0.05) is 18.7 Å². The first-order valence-electron chi connectivity index (χ1n) is 12.4. The second-order valence-electron chi connectivity index (χ2n) is 9.89. The van der Waals surface area contributed by atoms with E-state index in [1.165, 1.54) is 23.4 Å². The number of anilines is 1. The second-order valence-corrected chi connectivity index (χ2v) is 9.89. The number of imidazole rings is 1. The minimum Gasteiger partial charge on any atom is -0.390 e. The average molecular weight is 484 g/mol. The third-order valence-corrected chi connectivity index (χ3v) is 7.51. The number of benzene rings is 2. The van der Waals surface area contributed by atoms with Gasteiger partial charge in [-0.2, -0.15) is 0 Å². The van der Waals surface area contributed by atoms with Gasteiger partial charge >= 0.3 is 0 Å². The van der Waals surface area contributed by atoms with Crippen LogP contribution in [0.5, 0.6) is 0 Å². The molecule has 2 aliphatic heterocycles. The molecule has 1 saturated heterocycles. The van der Waals surface area contributed by atoms with E-state index < -0.39 is 0 Å². The van der Waals surface area contributed by atoms with Gasteiger partial charge in [0.1, 0.15) is 5.82 Å². The SMILES string of the molecule is C=C(CO)N(C)C[C@H]1CCN(c2ccc3c(c2)Cn2cc(-c4ccc(F)cc4)cc2-c2nccn2-3)C1. The van der Waals surface area contributed by atoms with Gasteiger partial charge in [-0.05, 0) is 59.9 Å². The normalized spacial score (nSPS) is 16.3. The van der Waals surface area contributed by atoms with E-state index in [1.807, 2.05) is 31.6 Å². The molecule has 0 bridgehead atoms. The molecule has 0 amide bonds. The minimum atomic E-state index is -0.231. The number of aliphatic hydroxyl groups is 1. The zero-order valence-electron chi connectivity index (χ0n) is 20.4. The van der Waals surface area contributed by atoms with Crippen molar-refractivity contribution >= 4 is 5.69 Å². The number of hydrogen-bond donors (Lipinski definition) is 1. The molecule has 6 rings (SSSR count). The Bertz CT molecular complexity index is 1420. The van der Waals surface area contributed by atoms with Crippen LogP contribution in [0.2, 0.25) is 0 Å². The number of aromatic nitrogens is 3. The Morgan fingerprint density at radius 2 is 2.00 bits per heavy atom. The fraction of sp³-hybridized carbons (Fsp3) is 0.276. The lowest BCUT2D eigenvalue weighted by Crippen LogP contribution is -2.28. The number of nitrogens with zero attached hydrogens (tertiary/aromatic N) is 5. The molecule has 2 aromatic heterocycles. The van der Waals surface area contributed by atoms with Gasteiger partial charge < -0.3 is 19.5 Å². The van der Waals surface area contributed by atoms with E-state index in [1.54, 1.807) is 0 Å². The maximum absolute atomic E-state index is 13.5. The molecule has 0 aliphatic carbocycles. The van der Waals surface area contributed by atoms with Crippen molar-refractivity contribution in [2.75, 3.05) is 38.2 Å². The fourth-order valence-corrected chi connectivity index (χ4v) is 5.48. The Morgan fingerprint density at radius 1 is 1.17 bits per heavy atom. The van der Waals surface area contributed by atoms with Gasteiger partial charge in [-0.3, -0.25) is 4.57 Å². The summed E-state index contributed by atoms with van der Waals surface area (Å²) in [6.45, 7) is 7.58. The molecule has 4 aromatic rings. The van der Waals surface area contributed by atoms with Crippen LogP contribution in [0.25, 0.3) is 28.3 Å². The Hall–Kier alpha value is -3.84. The number of halogens is 1. The van der Waals surface area contributed by atoms with Gasteiger partial charge in [0.2, 0.25) is 0 Å². The van der Waals surface area contributed by atoms with Crippen molar-refractivity contribution in [3.8, 4) is 28.3 Å². The summed E-state index contributed by atoms with van der Waals surface area (Å²) in [7, 11) is 2.00. The molecule has 0 saturated carbocycles. The number of fused-ring (bicyclic) bond motifs is 5. The summed E-state index contributed by atoms with van der Waals surface area (Å²) in [5.74, 6) is 1.21. The van der Waals surface area contributed by atoms with Gasteiger partial charge in [-0.15, -0.1) is 0 Å². The highest BCUT2D eigenvalue weighted by molar-refractivity contribution is 5.72. The molecule has 4 heterocycles. The predicted octanol–water partition coefficient (Wildman–Crippen LogP) is 4.77. The monoisotopic (exact) mass is 483 g/mol. The van der Waals surface area contributed by atoms with E-state index in [0.717, 1.165) is 66.6 Å². The van der Waals surface area contributed by atoms with E-state index in [4.69, 9.17) is 0 Å².